The molecule has 2 rings (SSSR count). The fourth-order valence-corrected chi connectivity index (χ4v) is 15.4. The lowest BCUT2D eigenvalue weighted by atomic mass is 9.96. The summed E-state index contributed by atoms with van der Waals surface area (Å²) in [6.45, 7) is 18.4. The van der Waals surface area contributed by atoms with E-state index in [9.17, 15) is 0 Å². The molecule has 0 N–H and O–H groups in total. The smallest absolute Gasteiger partial charge is 0.335 e. The monoisotopic (exact) mass is 370 g/mol. The van der Waals surface area contributed by atoms with Crippen molar-refractivity contribution in [1.82, 2.24) is 0 Å². The predicted octanol–water partition coefficient (Wildman–Crippen LogP) is 4.23. The van der Waals surface area contributed by atoms with Crippen molar-refractivity contribution in [2.75, 3.05) is 6.61 Å². The van der Waals surface area contributed by atoms with Crippen LogP contribution in [-0.2, 0) is 17.7 Å². The van der Waals surface area contributed by atoms with Crippen LogP contribution in [0.2, 0.25) is 22.2 Å². The van der Waals surface area contributed by atoms with Gasteiger partial charge in [0.15, 0.2) is 0 Å². The molecule has 24 heavy (non-hydrogen) atoms. The highest BCUT2D eigenvalue weighted by molar-refractivity contribution is 6.83. The average molecular weight is 370 g/mol. The Morgan fingerprint density at radius 2 is 1.29 bits per heavy atom. The van der Waals surface area contributed by atoms with Gasteiger partial charge in [0.2, 0.25) is 0 Å². The summed E-state index contributed by atoms with van der Waals surface area (Å²) in [6, 6.07) is -0.262. The summed E-state index contributed by atoms with van der Waals surface area (Å²) in [4.78, 5) is 0. The molecule has 138 valence electrons. The van der Waals surface area contributed by atoms with Gasteiger partial charge in [0.25, 0.3) is 0 Å². The Morgan fingerprint density at radius 3 is 1.75 bits per heavy atom. The molecule has 0 saturated carbocycles. The van der Waals surface area contributed by atoms with E-state index in [1.165, 1.54) is 0 Å². The molecule has 2 aliphatic heterocycles. The molecule has 0 aromatic heterocycles. The Bertz CT molecular complexity index is 415. The molecule has 7 heteroatoms. The molecule has 2 saturated heterocycles. The summed E-state index contributed by atoms with van der Waals surface area (Å²) in [5.41, 5.74) is 1.41. The number of rotatable bonds is 4. The minimum atomic E-state index is -2.50. The summed E-state index contributed by atoms with van der Waals surface area (Å²) in [7, 11) is 1.11. The van der Waals surface area contributed by atoms with Gasteiger partial charge in [0.05, 0.1) is 12.7 Å². The number of hydrogen-bond acceptors (Lipinski definition) is 4. The van der Waals surface area contributed by atoms with Gasteiger partial charge in [-0.1, -0.05) is 55.4 Å². The summed E-state index contributed by atoms with van der Waals surface area (Å²) in [6.07, 6.45) is 0.643. The van der Waals surface area contributed by atoms with Crippen LogP contribution in [0.25, 0.3) is 0 Å². The zero-order chi connectivity index (χ0) is 18.3. The second-order valence-electron chi connectivity index (χ2n) is 8.58. The van der Waals surface area contributed by atoms with Crippen molar-refractivity contribution in [1.29, 1.82) is 0 Å². The highest BCUT2D eigenvalue weighted by Gasteiger charge is 2.59. The maximum Gasteiger partial charge on any atom is 0.335 e. The molecule has 2 heterocycles. The van der Waals surface area contributed by atoms with Gasteiger partial charge in [0, 0.05) is 6.00 Å². The van der Waals surface area contributed by atoms with Crippen LogP contribution in [0, 0.1) is 0 Å². The van der Waals surface area contributed by atoms with Gasteiger partial charge in [0.1, 0.15) is 14.0 Å². The molecule has 0 bridgehead atoms. The highest BCUT2D eigenvalue weighted by atomic mass is 28.5. The van der Waals surface area contributed by atoms with Crippen molar-refractivity contribution in [2.45, 2.75) is 102 Å². The van der Waals surface area contributed by atoms with Gasteiger partial charge in [-0.2, -0.15) is 0 Å². The first-order valence-electron chi connectivity index (χ1n) is 9.48. The Morgan fingerprint density at radius 1 is 0.792 bits per heavy atom. The lowest BCUT2D eigenvalue weighted by molar-refractivity contribution is -0.0252. The van der Waals surface area contributed by atoms with Gasteiger partial charge < -0.3 is 17.7 Å². The lowest BCUT2D eigenvalue weighted by Gasteiger charge is -2.51. The molecule has 0 aromatic rings. The van der Waals surface area contributed by atoms with Crippen molar-refractivity contribution >= 4 is 25.0 Å². The predicted molar refractivity (Wildman–Crippen MR) is 103 cm³/mol. The summed E-state index contributed by atoms with van der Waals surface area (Å²) in [5.74, 6) is 0. The van der Waals surface area contributed by atoms with Crippen molar-refractivity contribution in [2.24, 2.45) is 0 Å². The zero-order valence-corrected chi connectivity index (χ0v) is 18.7. The van der Waals surface area contributed by atoms with Crippen LogP contribution in [0.3, 0.4) is 0 Å². The van der Waals surface area contributed by atoms with E-state index in [1.54, 1.807) is 0 Å². The van der Waals surface area contributed by atoms with E-state index >= 15 is 0 Å². The summed E-state index contributed by atoms with van der Waals surface area (Å²) >= 11 is 0. The van der Waals surface area contributed by atoms with E-state index in [0.29, 0.717) is 28.8 Å². The SMILES string of the molecule is [B][C@H]1C[C@H]2O[Si](C(C)C)(C(C)C)O[Si](C(C)C)(C(C)C)OC[C@@H]2O1. The summed E-state index contributed by atoms with van der Waals surface area (Å²) < 4.78 is 26.4. The second kappa shape index (κ2) is 7.53. The van der Waals surface area contributed by atoms with Gasteiger partial charge in [-0.05, 0) is 28.6 Å². The molecule has 3 atom stereocenters. The Hall–Kier alpha value is 0.339. The van der Waals surface area contributed by atoms with Gasteiger partial charge in [-0.15, -0.1) is 0 Å². The topological polar surface area (TPSA) is 36.9 Å². The molecule has 2 fully saturated rings. The molecule has 4 nitrogen and oxygen atoms in total. The Kier molecular flexibility index (Phi) is 6.47. The quantitative estimate of drug-likeness (QED) is 0.694. The largest absolute Gasteiger partial charge is 0.414 e. The van der Waals surface area contributed by atoms with E-state index in [4.69, 9.17) is 25.6 Å². The number of ether oxygens (including phenoxy) is 1. The van der Waals surface area contributed by atoms with E-state index in [1.807, 2.05) is 0 Å². The third-order valence-corrected chi connectivity index (χ3v) is 15.9. The van der Waals surface area contributed by atoms with Crippen LogP contribution < -0.4 is 0 Å². The third kappa shape index (κ3) is 3.58. The molecule has 0 spiro atoms. The van der Waals surface area contributed by atoms with Crippen LogP contribution in [0.5, 0.6) is 0 Å². The van der Waals surface area contributed by atoms with Crippen LogP contribution in [0.1, 0.15) is 61.8 Å². The van der Waals surface area contributed by atoms with E-state index in [-0.39, 0.29) is 18.2 Å². The van der Waals surface area contributed by atoms with Crippen LogP contribution in [0.4, 0.5) is 0 Å². The fraction of sp³-hybridized carbons (Fsp3) is 1.00. The minimum absolute atomic E-state index is 0.0113. The normalized spacial score (nSPS) is 33.1. The number of fused-ring (bicyclic) bond motifs is 1. The molecule has 0 unspecified atom stereocenters. The highest BCUT2D eigenvalue weighted by Crippen LogP contribution is 2.47. The minimum Gasteiger partial charge on any atom is -0.414 e. The van der Waals surface area contributed by atoms with E-state index in [0.717, 1.165) is 6.42 Å². The van der Waals surface area contributed by atoms with Gasteiger partial charge in [-0.3, -0.25) is 0 Å². The van der Waals surface area contributed by atoms with Crippen LogP contribution >= 0.6 is 0 Å². The first-order chi connectivity index (χ1) is 11.0. The molecule has 2 aliphatic rings. The Balaban J connectivity index is 2.49. The third-order valence-electron chi connectivity index (χ3n) is 5.58. The molecule has 0 aromatic carbocycles. The molecular formula is C17H35BO4Si2. The lowest BCUT2D eigenvalue weighted by Crippen LogP contribution is -2.65. The first kappa shape index (κ1) is 20.6. The summed E-state index contributed by atoms with van der Waals surface area (Å²) in [5, 5.41) is 0. The average Bonchev–Trinajstić information content (AvgIpc) is 2.77. The molecule has 0 aliphatic carbocycles. The molecular weight excluding hydrogens is 335 g/mol. The second-order valence-corrected chi connectivity index (χ2v) is 17.4. The maximum absolute atomic E-state index is 7.09. The maximum atomic E-state index is 7.09. The van der Waals surface area contributed by atoms with Crippen molar-refractivity contribution in [3.8, 4) is 0 Å². The van der Waals surface area contributed by atoms with Gasteiger partial charge in [-0.25, -0.2) is 0 Å². The van der Waals surface area contributed by atoms with E-state index in [2.05, 4.69) is 55.4 Å². The molecule has 2 radical (unpaired) electrons. The van der Waals surface area contributed by atoms with Crippen molar-refractivity contribution in [3.05, 3.63) is 0 Å². The van der Waals surface area contributed by atoms with Gasteiger partial charge >= 0.3 is 17.1 Å². The standard InChI is InChI=1S/C17H35BO4Si2/c1-11(2)23(12(3)4)19-10-16-15(9-17(18)20-16)21-24(22-23,13(5)6)14(7)8/h11-17H,9-10H2,1-8H3/t15-,16+,17-/m1/s1. The van der Waals surface area contributed by atoms with Crippen molar-refractivity contribution in [3.63, 3.8) is 0 Å². The van der Waals surface area contributed by atoms with Crippen LogP contribution in [0.15, 0.2) is 0 Å². The van der Waals surface area contributed by atoms with Crippen molar-refractivity contribution < 1.29 is 17.7 Å². The van der Waals surface area contributed by atoms with E-state index < -0.39 is 17.1 Å². The zero-order valence-electron chi connectivity index (χ0n) is 16.7. The number of hydrogen-bond donors (Lipinski definition) is 0. The molecule has 0 amide bonds. The first-order valence-corrected chi connectivity index (χ1v) is 13.4. The van der Waals surface area contributed by atoms with Crippen LogP contribution in [-0.4, -0.2) is 49.8 Å². The fourth-order valence-electron chi connectivity index (χ4n) is 4.18. The Labute approximate surface area is 151 Å².